The van der Waals surface area contributed by atoms with Gasteiger partial charge in [0.15, 0.2) is 0 Å². The van der Waals surface area contributed by atoms with Gasteiger partial charge in [-0.05, 0) is 37.7 Å². The van der Waals surface area contributed by atoms with Crippen molar-refractivity contribution in [2.45, 2.75) is 30.8 Å². The fourth-order valence-electron chi connectivity index (χ4n) is 2.28. The summed E-state index contributed by atoms with van der Waals surface area (Å²) >= 11 is 5.62. The Morgan fingerprint density at radius 3 is 2.76 bits per heavy atom. The Morgan fingerprint density at radius 1 is 1.41 bits per heavy atom. The first-order chi connectivity index (χ1) is 8.27. The SMILES string of the molecule is CC1OCCC1(CBr)CCSc1ccccc1. The summed E-state index contributed by atoms with van der Waals surface area (Å²) in [5, 5.41) is 1.05. The summed E-state index contributed by atoms with van der Waals surface area (Å²) in [7, 11) is 0. The number of hydrogen-bond acceptors (Lipinski definition) is 2. The highest BCUT2D eigenvalue weighted by atomic mass is 79.9. The average Bonchev–Trinajstić information content (AvgIpc) is 2.73. The van der Waals surface area contributed by atoms with Gasteiger partial charge in [-0.25, -0.2) is 0 Å². The van der Waals surface area contributed by atoms with E-state index in [4.69, 9.17) is 4.74 Å². The zero-order chi connectivity index (χ0) is 12.1. The fourth-order valence-corrected chi connectivity index (χ4v) is 4.39. The van der Waals surface area contributed by atoms with Crippen LogP contribution in [-0.2, 0) is 4.74 Å². The summed E-state index contributed by atoms with van der Waals surface area (Å²) in [5.74, 6) is 1.17. The van der Waals surface area contributed by atoms with Crippen molar-refractivity contribution in [3.8, 4) is 0 Å². The summed E-state index contributed by atoms with van der Waals surface area (Å²) in [6.07, 6.45) is 2.80. The molecule has 2 rings (SSSR count). The third kappa shape index (κ3) is 3.27. The Labute approximate surface area is 116 Å². The Balaban J connectivity index is 1.85. The molecule has 0 aromatic heterocycles. The molecule has 0 bridgehead atoms. The lowest BCUT2D eigenvalue weighted by Crippen LogP contribution is -2.31. The maximum atomic E-state index is 5.72. The summed E-state index contributed by atoms with van der Waals surface area (Å²) in [6, 6.07) is 10.6. The van der Waals surface area contributed by atoms with Crippen LogP contribution in [0.4, 0.5) is 0 Å². The van der Waals surface area contributed by atoms with Crippen LogP contribution in [0, 0.1) is 5.41 Å². The normalized spacial score (nSPS) is 28.5. The quantitative estimate of drug-likeness (QED) is 0.590. The standard InChI is InChI=1S/C14H19BrOS/c1-12-14(11-15,7-9-16-12)8-10-17-13-5-3-2-4-6-13/h2-6,12H,7-11H2,1H3. The zero-order valence-corrected chi connectivity index (χ0v) is 12.6. The molecule has 94 valence electrons. The van der Waals surface area contributed by atoms with Gasteiger partial charge in [0, 0.05) is 22.2 Å². The molecule has 1 heterocycles. The molecule has 1 nitrogen and oxygen atoms in total. The van der Waals surface area contributed by atoms with Crippen molar-refractivity contribution in [2.75, 3.05) is 17.7 Å². The second kappa shape index (κ2) is 6.26. The number of halogens is 1. The second-order valence-corrected chi connectivity index (χ2v) is 6.40. The van der Waals surface area contributed by atoms with Gasteiger partial charge in [-0.2, -0.15) is 0 Å². The molecule has 0 spiro atoms. The molecule has 17 heavy (non-hydrogen) atoms. The van der Waals surface area contributed by atoms with E-state index in [2.05, 4.69) is 53.2 Å². The highest BCUT2D eigenvalue weighted by molar-refractivity contribution is 9.09. The molecular formula is C14H19BrOS. The van der Waals surface area contributed by atoms with Crippen molar-refractivity contribution in [1.29, 1.82) is 0 Å². The molecule has 2 atom stereocenters. The molecule has 1 saturated heterocycles. The highest BCUT2D eigenvalue weighted by Crippen LogP contribution is 2.41. The van der Waals surface area contributed by atoms with Crippen molar-refractivity contribution in [1.82, 2.24) is 0 Å². The third-order valence-electron chi connectivity index (χ3n) is 3.71. The summed E-state index contributed by atoms with van der Waals surface area (Å²) in [5.41, 5.74) is 0.349. The Morgan fingerprint density at radius 2 is 2.18 bits per heavy atom. The van der Waals surface area contributed by atoms with Crippen LogP contribution in [-0.4, -0.2) is 23.8 Å². The van der Waals surface area contributed by atoms with Gasteiger partial charge >= 0.3 is 0 Å². The van der Waals surface area contributed by atoms with Gasteiger partial charge in [0.25, 0.3) is 0 Å². The first-order valence-corrected chi connectivity index (χ1v) is 8.23. The van der Waals surface area contributed by atoms with Gasteiger partial charge in [-0.15, -0.1) is 11.8 Å². The lowest BCUT2D eigenvalue weighted by atomic mass is 9.81. The van der Waals surface area contributed by atoms with Gasteiger partial charge in [0.2, 0.25) is 0 Å². The largest absolute Gasteiger partial charge is 0.378 e. The minimum Gasteiger partial charge on any atom is -0.378 e. The van der Waals surface area contributed by atoms with Crippen LogP contribution in [0.2, 0.25) is 0 Å². The number of hydrogen-bond donors (Lipinski definition) is 0. The Hall–Kier alpha value is 0.0100. The van der Waals surface area contributed by atoms with Gasteiger partial charge in [0.1, 0.15) is 0 Å². The van der Waals surface area contributed by atoms with E-state index < -0.39 is 0 Å². The molecule has 0 N–H and O–H groups in total. The average molecular weight is 315 g/mol. The number of ether oxygens (including phenoxy) is 1. The van der Waals surface area contributed by atoms with E-state index in [1.165, 1.54) is 23.5 Å². The van der Waals surface area contributed by atoms with Crippen molar-refractivity contribution < 1.29 is 4.74 Å². The minimum absolute atomic E-state index is 0.349. The van der Waals surface area contributed by atoms with E-state index in [9.17, 15) is 0 Å². The summed E-state index contributed by atoms with van der Waals surface area (Å²) in [6.45, 7) is 3.13. The van der Waals surface area contributed by atoms with Gasteiger partial charge in [-0.3, -0.25) is 0 Å². The predicted molar refractivity (Wildman–Crippen MR) is 78.0 cm³/mol. The number of thioether (sulfide) groups is 1. The maximum Gasteiger partial charge on any atom is 0.0612 e. The van der Waals surface area contributed by atoms with Crippen LogP contribution in [0.5, 0.6) is 0 Å². The molecule has 3 heteroatoms. The third-order valence-corrected chi connectivity index (χ3v) is 5.84. The van der Waals surface area contributed by atoms with Crippen molar-refractivity contribution in [2.24, 2.45) is 5.41 Å². The number of benzene rings is 1. The van der Waals surface area contributed by atoms with Crippen LogP contribution >= 0.6 is 27.7 Å². The van der Waals surface area contributed by atoms with Gasteiger partial charge in [-0.1, -0.05) is 34.1 Å². The molecule has 0 saturated carbocycles. The van der Waals surface area contributed by atoms with E-state index in [0.717, 1.165) is 11.9 Å². The molecule has 0 radical (unpaired) electrons. The first-order valence-electron chi connectivity index (χ1n) is 6.12. The Kier molecular flexibility index (Phi) is 4.95. The molecule has 1 fully saturated rings. The Bertz CT molecular complexity index is 343. The molecule has 0 amide bonds. The molecule has 1 aromatic carbocycles. The van der Waals surface area contributed by atoms with Crippen LogP contribution in [0.3, 0.4) is 0 Å². The van der Waals surface area contributed by atoms with Crippen molar-refractivity contribution in [3.05, 3.63) is 30.3 Å². The van der Waals surface area contributed by atoms with E-state index >= 15 is 0 Å². The van der Waals surface area contributed by atoms with Crippen LogP contribution in [0.1, 0.15) is 19.8 Å². The summed E-state index contributed by atoms with van der Waals surface area (Å²) < 4.78 is 5.72. The molecule has 0 aliphatic carbocycles. The van der Waals surface area contributed by atoms with Crippen LogP contribution < -0.4 is 0 Å². The lowest BCUT2D eigenvalue weighted by Gasteiger charge is -2.29. The van der Waals surface area contributed by atoms with Gasteiger partial charge in [0.05, 0.1) is 6.10 Å². The summed E-state index contributed by atoms with van der Waals surface area (Å²) in [4.78, 5) is 1.36. The van der Waals surface area contributed by atoms with Crippen molar-refractivity contribution >= 4 is 27.7 Å². The minimum atomic E-state index is 0.349. The van der Waals surface area contributed by atoms with E-state index in [1.54, 1.807) is 0 Å². The molecular weight excluding hydrogens is 296 g/mol. The van der Waals surface area contributed by atoms with Crippen LogP contribution in [0.15, 0.2) is 35.2 Å². The zero-order valence-electron chi connectivity index (χ0n) is 10.2. The first kappa shape index (κ1) is 13.4. The van der Waals surface area contributed by atoms with E-state index in [0.29, 0.717) is 11.5 Å². The smallest absolute Gasteiger partial charge is 0.0612 e. The number of rotatable bonds is 5. The topological polar surface area (TPSA) is 9.23 Å². The second-order valence-electron chi connectivity index (χ2n) is 4.67. The molecule has 1 aromatic rings. The predicted octanol–water partition coefficient (Wildman–Crippen LogP) is 4.36. The highest BCUT2D eigenvalue weighted by Gasteiger charge is 2.39. The molecule has 2 unspecified atom stereocenters. The number of alkyl halides is 1. The van der Waals surface area contributed by atoms with Gasteiger partial charge < -0.3 is 4.74 Å². The van der Waals surface area contributed by atoms with Crippen molar-refractivity contribution in [3.63, 3.8) is 0 Å². The van der Waals surface area contributed by atoms with Crippen LogP contribution in [0.25, 0.3) is 0 Å². The molecule has 1 aliphatic heterocycles. The van der Waals surface area contributed by atoms with E-state index in [-0.39, 0.29) is 0 Å². The maximum absolute atomic E-state index is 5.72. The monoisotopic (exact) mass is 314 g/mol. The van der Waals surface area contributed by atoms with E-state index in [1.807, 2.05) is 11.8 Å². The fraction of sp³-hybridized carbons (Fsp3) is 0.571. The lowest BCUT2D eigenvalue weighted by molar-refractivity contribution is 0.0734. The molecule has 1 aliphatic rings.